The van der Waals surface area contributed by atoms with Crippen LogP contribution in [0.2, 0.25) is 0 Å². The summed E-state index contributed by atoms with van der Waals surface area (Å²) in [6.45, 7) is 4.32. The molecule has 0 saturated heterocycles. The highest BCUT2D eigenvalue weighted by atomic mass is 79.9. The Bertz CT molecular complexity index is 1220. The first kappa shape index (κ1) is 22.2. The van der Waals surface area contributed by atoms with Crippen molar-refractivity contribution in [2.45, 2.75) is 32.4 Å². The van der Waals surface area contributed by atoms with E-state index in [0.717, 1.165) is 21.2 Å². The molecule has 1 N–H and O–H groups in total. The van der Waals surface area contributed by atoms with Gasteiger partial charge in [0.1, 0.15) is 5.75 Å². The fraction of sp³-hybridized carbons (Fsp3) is 0.231. The highest BCUT2D eigenvalue weighted by molar-refractivity contribution is 9.10. The van der Waals surface area contributed by atoms with Gasteiger partial charge < -0.3 is 14.7 Å². The molecule has 1 aliphatic heterocycles. The van der Waals surface area contributed by atoms with E-state index < -0.39 is 11.5 Å². The number of rotatable bonds is 6. The third kappa shape index (κ3) is 3.96. The molecule has 1 aliphatic rings. The van der Waals surface area contributed by atoms with Crippen molar-refractivity contribution in [1.82, 2.24) is 0 Å². The Balaban J connectivity index is 1.72. The summed E-state index contributed by atoms with van der Waals surface area (Å²) in [7, 11) is 1.52. The number of aliphatic hydroxyl groups is 1. The zero-order chi connectivity index (χ0) is 23.0. The van der Waals surface area contributed by atoms with Gasteiger partial charge in [0.25, 0.3) is 5.91 Å². The van der Waals surface area contributed by atoms with Crippen molar-refractivity contribution in [1.29, 1.82) is 0 Å². The lowest BCUT2D eigenvalue weighted by Crippen LogP contribution is -2.41. The molecule has 1 unspecified atom stereocenters. The Morgan fingerprint density at radius 1 is 1.09 bits per heavy atom. The molecule has 1 atom stereocenters. The third-order valence-corrected chi connectivity index (χ3v) is 6.43. The van der Waals surface area contributed by atoms with Gasteiger partial charge in [-0.1, -0.05) is 51.8 Å². The smallest absolute Gasteiger partial charge is 0.264 e. The number of hydrogen-bond acceptors (Lipinski definition) is 4. The maximum absolute atomic E-state index is 13.6. The summed E-state index contributed by atoms with van der Waals surface area (Å²) < 4.78 is 5.93. The third-order valence-electron chi connectivity index (χ3n) is 5.94. The monoisotopic (exact) mass is 493 g/mol. The fourth-order valence-electron chi connectivity index (χ4n) is 4.12. The average Bonchev–Trinajstić information content (AvgIpc) is 2.97. The van der Waals surface area contributed by atoms with Crippen LogP contribution < -0.4 is 9.64 Å². The van der Waals surface area contributed by atoms with Gasteiger partial charge in [0.2, 0.25) is 0 Å². The van der Waals surface area contributed by atoms with Gasteiger partial charge in [-0.15, -0.1) is 0 Å². The quantitative estimate of drug-likeness (QED) is 0.486. The van der Waals surface area contributed by atoms with Crippen molar-refractivity contribution < 1.29 is 19.4 Å². The van der Waals surface area contributed by atoms with Gasteiger partial charge in [-0.25, -0.2) is 0 Å². The summed E-state index contributed by atoms with van der Waals surface area (Å²) in [6, 6.07) is 18.2. The Morgan fingerprint density at radius 3 is 2.62 bits per heavy atom. The number of amides is 1. The van der Waals surface area contributed by atoms with E-state index in [-0.39, 0.29) is 12.2 Å². The minimum absolute atomic E-state index is 0.316. The lowest BCUT2D eigenvalue weighted by molar-refractivity contribution is -0.136. The molecule has 6 heteroatoms. The van der Waals surface area contributed by atoms with Crippen LogP contribution in [0.25, 0.3) is 0 Å². The number of halogens is 1. The highest BCUT2D eigenvalue weighted by Gasteiger charge is 2.51. The van der Waals surface area contributed by atoms with Crippen LogP contribution in [-0.2, 0) is 16.9 Å². The van der Waals surface area contributed by atoms with Crippen molar-refractivity contribution >= 4 is 33.3 Å². The van der Waals surface area contributed by atoms with Gasteiger partial charge in [-0.3, -0.25) is 9.59 Å². The summed E-state index contributed by atoms with van der Waals surface area (Å²) in [5, 5.41) is 11.6. The van der Waals surface area contributed by atoms with Crippen molar-refractivity contribution in [2.75, 3.05) is 12.0 Å². The number of nitrogens with zero attached hydrogens (tertiary/aromatic N) is 1. The van der Waals surface area contributed by atoms with E-state index in [1.165, 1.54) is 7.11 Å². The summed E-state index contributed by atoms with van der Waals surface area (Å²) in [5.41, 5.74) is 2.63. The molecule has 0 spiro atoms. The number of carbonyl (C=O) groups is 2. The number of benzene rings is 3. The molecule has 164 valence electrons. The van der Waals surface area contributed by atoms with E-state index in [1.54, 1.807) is 41.3 Å². The zero-order valence-corrected chi connectivity index (χ0v) is 19.8. The van der Waals surface area contributed by atoms with Crippen LogP contribution in [0.1, 0.15) is 39.0 Å². The van der Waals surface area contributed by atoms with E-state index >= 15 is 0 Å². The first-order valence-corrected chi connectivity index (χ1v) is 11.1. The minimum atomic E-state index is -1.95. The normalized spacial score (nSPS) is 17.4. The largest absolute Gasteiger partial charge is 0.497 e. The van der Waals surface area contributed by atoms with Crippen LogP contribution in [-0.4, -0.2) is 23.9 Å². The molecule has 32 heavy (non-hydrogen) atoms. The Kier molecular flexibility index (Phi) is 5.93. The minimum Gasteiger partial charge on any atom is -0.497 e. The Hall–Kier alpha value is -2.96. The van der Waals surface area contributed by atoms with Gasteiger partial charge in [0.05, 0.1) is 25.8 Å². The van der Waals surface area contributed by atoms with Crippen LogP contribution in [0, 0.1) is 13.8 Å². The molecule has 0 aromatic heterocycles. The maximum Gasteiger partial charge on any atom is 0.264 e. The second-order valence-electron chi connectivity index (χ2n) is 8.17. The van der Waals surface area contributed by atoms with Crippen LogP contribution >= 0.6 is 15.9 Å². The zero-order valence-electron chi connectivity index (χ0n) is 18.2. The summed E-state index contributed by atoms with van der Waals surface area (Å²) in [6.07, 6.45) is -0.355. The molecule has 1 heterocycles. The fourth-order valence-corrected chi connectivity index (χ4v) is 4.48. The second kappa shape index (κ2) is 8.52. The first-order valence-electron chi connectivity index (χ1n) is 10.3. The SMILES string of the molecule is COc1cccc(C(=O)CC2(O)C(=O)N(Cc3cc(C)ccc3C)c3ccc(Br)cc32)c1. The van der Waals surface area contributed by atoms with Gasteiger partial charge in [0.15, 0.2) is 11.4 Å². The molecular formula is C26H24BrNO4. The lowest BCUT2D eigenvalue weighted by atomic mass is 9.88. The number of ether oxygens (including phenoxy) is 1. The van der Waals surface area contributed by atoms with Crippen LogP contribution in [0.3, 0.4) is 0 Å². The molecule has 0 aliphatic carbocycles. The predicted octanol–water partition coefficient (Wildman–Crippen LogP) is 5.08. The molecule has 0 fully saturated rings. The standard InChI is InChI=1S/C26H24BrNO4/c1-16-7-8-17(2)19(11-16)15-28-23-10-9-20(27)13-22(23)26(31,25(28)30)14-24(29)18-5-4-6-21(12-18)32-3/h4-13,31H,14-15H2,1-3H3. The molecule has 3 aromatic carbocycles. The van der Waals surface area contributed by atoms with Gasteiger partial charge in [-0.2, -0.15) is 0 Å². The molecular weight excluding hydrogens is 470 g/mol. The van der Waals surface area contributed by atoms with E-state index in [9.17, 15) is 14.7 Å². The molecule has 0 saturated carbocycles. The lowest BCUT2D eigenvalue weighted by Gasteiger charge is -2.23. The van der Waals surface area contributed by atoms with Crippen molar-refractivity contribution in [3.8, 4) is 5.75 Å². The predicted molar refractivity (Wildman–Crippen MR) is 127 cm³/mol. The molecule has 0 bridgehead atoms. The molecule has 3 aromatic rings. The number of aryl methyl sites for hydroxylation is 2. The van der Waals surface area contributed by atoms with E-state index in [2.05, 4.69) is 15.9 Å². The molecule has 1 amide bonds. The highest BCUT2D eigenvalue weighted by Crippen LogP contribution is 2.45. The number of Topliss-reactive ketones (excluding diaryl/α,β-unsaturated/α-hetero) is 1. The number of anilines is 1. The summed E-state index contributed by atoms with van der Waals surface area (Å²) in [4.78, 5) is 28.2. The first-order chi connectivity index (χ1) is 15.2. The topological polar surface area (TPSA) is 66.8 Å². The van der Waals surface area contributed by atoms with Crippen LogP contribution in [0.4, 0.5) is 5.69 Å². The van der Waals surface area contributed by atoms with Crippen molar-refractivity contribution in [2.24, 2.45) is 0 Å². The maximum atomic E-state index is 13.6. The van der Waals surface area contributed by atoms with Gasteiger partial charge in [0, 0.05) is 15.6 Å². The number of carbonyl (C=O) groups excluding carboxylic acids is 2. The molecule has 4 rings (SSSR count). The van der Waals surface area contributed by atoms with E-state index in [0.29, 0.717) is 29.1 Å². The van der Waals surface area contributed by atoms with Crippen LogP contribution in [0.15, 0.2) is 65.1 Å². The summed E-state index contributed by atoms with van der Waals surface area (Å²) in [5.74, 6) is -0.290. The van der Waals surface area contributed by atoms with E-state index in [4.69, 9.17) is 4.74 Å². The number of fused-ring (bicyclic) bond motifs is 1. The number of methoxy groups -OCH3 is 1. The van der Waals surface area contributed by atoms with E-state index in [1.807, 2.05) is 38.1 Å². The molecule has 5 nitrogen and oxygen atoms in total. The Morgan fingerprint density at radius 2 is 1.88 bits per heavy atom. The van der Waals surface area contributed by atoms with Gasteiger partial charge >= 0.3 is 0 Å². The average molecular weight is 494 g/mol. The Labute approximate surface area is 195 Å². The number of ketones is 1. The van der Waals surface area contributed by atoms with Crippen molar-refractivity contribution in [3.05, 3.63) is 93.0 Å². The second-order valence-corrected chi connectivity index (χ2v) is 9.09. The van der Waals surface area contributed by atoms with Crippen LogP contribution in [0.5, 0.6) is 5.75 Å². The number of hydrogen-bond donors (Lipinski definition) is 1. The van der Waals surface area contributed by atoms with Gasteiger partial charge in [-0.05, 0) is 55.3 Å². The van der Waals surface area contributed by atoms with Crippen molar-refractivity contribution in [3.63, 3.8) is 0 Å². The summed E-state index contributed by atoms with van der Waals surface area (Å²) >= 11 is 3.43. The molecule has 0 radical (unpaired) electrons.